The summed E-state index contributed by atoms with van der Waals surface area (Å²) in [5, 5.41) is 0. The Hall–Kier alpha value is -0.780. The molecule has 0 saturated carbocycles. The van der Waals surface area contributed by atoms with Gasteiger partial charge in [0, 0.05) is 0 Å². The molecule has 0 aliphatic carbocycles. The molecule has 0 aromatic heterocycles. The van der Waals surface area contributed by atoms with Gasteiger partial charge < -0.3 is 0 Å². The molecule has 0 fully saturated rings. The minimum Gasteiger partial charge on any atom is -0.106 e. The average molecular weight is 208 g/mol. The molecular formula is C15H28. The van der Waals surface area contributed by atoms with Crippen LogP contribution in [-0.2, 0) is 0 Å². The zero-order chi connectivity index (χ0) is 12.3. The summed E-state index contributed by atoms with van der Waals surface area (Å²) in [5.74, 6) is 0.837. The molecule has 0 amide bonds. The van der Waals surface area contributed by atoms with E-state index >= 15 is 0 Å². The molecular weight excluding hydrogens is 180 g/mol. The molecule has 0 aliphatic heterocycles. The van der Waals surface area contributed by atoms with Crippen LogP contribution in [0.5, 0.6) is 0 Å². The molecule has 0 nitrogen and oxygen atoms in total. The third-order valence-corrected chi connectivity index (χ3v) is 2.52. The van der Waals surface area contributed by atoms with Crippen LogP contribution in [0.15, 0.2) is 36.5 Å². The summed E-state index contributed by atoms with van der Waals surface area (Å²) in [5.41, 5.74) is 2.95. The normalized spacial score (nSPS) is 12.4. The quantitative estimate of drug-likeness (QED) is 0.412. The van der Waals surface area contributed by atoms with Crippen molar-refractivity contribution in [2.24, 2.45) is 5.92 Å². The lowest BCUT2D eigenvalue weighted by molar-refractivity contribution is 0.555. The SMILES string of the molecule is C/C=C(C)\C(=C/C)CCCC(C)C.C=C. The summed E-state index contributed by atoms with van der Waals surface area (Å²) in [6.45, 7) is 17.0. The topological polar surface area (TPSA) is 0 Å². The van der Waals surface area contributed by atoms with Gasteiger partial charge in [-0.1, -0.05) is 38.0 Å². The molecule has 88 valence electrons. The van der Waals surface area contributed by atoms with Crippen LogP contribution in [0, 0.1) is 5.92 Å². The molecule has 0 heterocycles. The Bertz CT molecular complexity index is 194. The second-order valence-electron chi connectivity index (χ2n) is 4.07. The van der Waals surface area contributed by atoms with Crippen molar-refractivity contribution < 1.29 is 0 Å². The van der Waals surface area contributed by atoms with Crippen molar-refractivity contribution in [2.45, 2.75) is 53.9 Å². The molecule has 0 heteroatoms. The Morgan fingerprint density at radius 3 is 2.00 bits per heavy atom. The zero-order valence-corrected chi connectivity index (χ0v) is 11.3. The fourth-order valence-electron chi connectivity index (χ4n) is 1.46. The third kappa shape index (κ3) is 9.52. The highest BCUT2D eigenvalue weighted by Crippen LogP contribution is 2.18. The molecule has 0 bridgehead atoms. The van der Waals surface area contributed by atoms with Gasteiger partial charge in [0.25, 0.3) is 0 Å². The molecule has 0 N–H and O–H groups in total. The van der Waals surface area contributed by atoms with E-state index in [1.165, 1.54) is 30.4 Å². The van der Waals surface area contributed by atoms with E-state index in [4.69, 9.17) is 0 Å². The first-order valence-corrected chi connectivity index (χ1v) is 5.90. The minimum atomic E-state index is 0.837. The second-order valence-corrected chi connectivity index (χ2v) is 4.07. The van der Waals surface area contributed by atoms with Crippen molar-refractivity contribution in [1.29, 1.82) is 0 Å². The van der Waals surface area contributed by atoms with Gasteiger partial charge in [0.1, 0.15) is 0 Å². The lowest BCUT2D eigenvalue weighted by atomic mass is 9.98. The van der Waals surface area contributed by atoms with E-state index in [-0.39, 0.29) is 0 Å². The highest BCUT2D eigenvalue weighted by Gasteiger charge is 1.99. The third-order valence-electron chi connectivity index (χ3n) is 2.52. The van der Waals surface area contributed by atoms with Crippen LogP contribution < -0.4 is 0 Å². The summed E-state index contributed by atoms with van der Waals surface area (Å²) < 4.78 is 0. The smallest absolute Gasteiger partial charge is 0.0280 e. The number of hydrogen-bond donors (Lipinski definition) is 0. The molecule has 0 aromatic carbocycles. The van der Waals surface area contributed by atoms with E-state index in [2.05, 4.69) is 59.9 Å². The first-order valence-electron chi connectivity index (χ1n) is 5.90. The summed E-state index contributed by atoms with van der Waals surface area (Å²) in [6.07, 6.45) is 8.35. The molecule has 0 atom stereocenters. The van der Waals surface area contributed by atoms with Gasteiger partial charge in [-0.2, -0.15) is 0 Å². The van der Waals surface area contributed by atoms with Crippen LogP contribution in [0.3, 0.4) is 0 Å². The summed E-state index contributed by atoms with van der Waals surface area (Å²) in [4.78, 5) is 0. The van der Waals surface area contributed by atoms with Crippen molar-refractivity contribution in [2.75, 3.05) is 0 Å². The van der Waals surface area contributed by atoms with E-state index in [1.54, 1.807) is 0 Å². The van der Waals surface area contributed by atoms with Crippen LogP contribution in [0.1, 0.15) is 53.9 Å². The van der Waals surface area contributed by atoms with E-state index in [0.717, 1.165) is 5.92 Å². The Kier molecular flexibility index (Phi) is 12.5. The number of hydrogen-bond acceptors (Lipinski definition) is 0. The summed E-state index contributed by atoms with van der Waals surface area (Å²) >= 11 is 0. The molecule has 0 rings (SSSR count). The van der Waals surface area contributed by atoms with E-state index < -0.39 is 0 Å². The van der Waals surface area contributed by atoms with Gasteiger partial charge in [-0.15, -0.1) is 13.2 Å². The van der Waals surface area contributed by atoms with E-state index in [0.29, 0.717) is 0 Å². The van der Waals surface area contributed by atoms with Gasteiger partial charge in [-0.3, -0.25) is 0 Å². The maximum atomic E-state index is 3.00. The molecule has 0 radical (unpaired) electrons. The Balaban J connectivity index is 0. The predicted molar refractivity (Wildman–Crippen MR) is 73.1 cm³/mol. The lowest BCUT2D eigenvalue weighted by Gasteiger charge is -2.08. The van der Waals surface area contributed by atoms with E-state index in [9.17, 15) is 0 Å². The standard InChI is InChI=1S/C13H24.C2H4/c1-6-12(5)13(7-2)10-8-9-11(3)4;1-2/h6-7,11H,8-10H2,1-5H3;1-2H2/b12-6-,13-7-;. The van der Waals surface area contributed by atoms with Gasteiger partial charge in [0.05, 0.1) is 0 Å². The van der Waals surface area contributed by atoms with Crippen molar-refractivity contribution in [1.82, 2.24) is 0 Å². The fraction of sp³-hybridized carbons (Fsp3) is 0.600. The number of rotatable bonds is 5. The Morgan fingerprint density at radius 1 is 1.13 bits per heavy atom. The molecule has 0 spiro atoms. The van der Waals surface area contributed by atoms with Gasteiger partial charge in [0.15, 0.2) is 0 Å². The maximum Gasteiger partial charge on any atom is -0.0280 e. The monoisotopic (exact) mass is 208 g/mol. The zero-order valence-electron chi connectivity index (χ0n) is 11.3. The molecule has 0 saturated heterocycles. The molecule has 0 unspecified atom stereocenters. The van der Waals surface area contributed by atoms with Crippen LogP contribution in [-0.4, -0.2) is 0 Å². The van der Waals surface area contributed by atoms with Crippen LogP contribution in [0.4, 0.5) is 0 Å². The average Bonchev–Trinajstić information content (AvgIpc) is 2.26. The van der Waals surface area contributed by atoms with Gasteiger partial charge in [-0.25, -0.2) is 0 Å². The van der Waals surface area contributed by atoms with Crippen molar-refractivity contribution >= 4 is 0 Å². The van der Waals surface area contributed by atoms with Gasteiger partial charge in [0.2, 0.25) is 0 Å². The lowest BCUT2D eigenvalue weighted by Crippen LogP contribution is -1.90. The van der Waals surface area contributed by atoms with Crippen molar-refractivity contribution in [3.05, 3.63) is 36.5 Å². The minimum absolute atomic E-state index is 0.837. The number of allylic oxidation sites excluding steroid dienone is 4. The molecule has 15 heavy (non-hydrogen) atoms. The first-order chi connectivity index (χ1) is 7.11. The maximum absolute atomic E-state index is 3.00. The first kappa shape index (κ1) is 16.6. The molecule has 0 aliphatic rings. The van der Waals surface area contributed by atoms with E-state index in [1.807, 2.05) is 0 Å². The van der Waals surface area contributed by atoms with Crippen LogP contribution in [0.2, 0.25) is 0 Å². The van der Waals surface area contributed by atoms with Crippen LogP contribution >= 0.6 is 0 Å². The summed E-state index contributed by atoms with van der Waals surface area (Å²) in [6, 6.07) is 0. The largest absolute Gasteiger partial charge is 0.106 e. The summed E-state index contributed by atoms with van der Waals surface area (Å²) in [7, 11) is 0. The second kappa shape index (κ2) is 11.3. The molecule has 0 aromatic rings. The van der Waals surface area contributed by atoms with Gasteiger partial charge in [-0.05, 0) is 45.1 Å². The highest BCUT2D eigenvalue weighted by molar-refractivity contribution is 5.27. The van der Waals surface area contributed by atoms with Crippen molar-refractivity contribution in [3.8, 4) is 0 Å². The fourth-order valence-corrected chi connectivity index (χ4v) is 1.46. The van der Waals surface area contributed by atoms with Crippen molar-refractivity contribution in [3.63, 3.8) is 0 Å². The highest BCUT2D eigenvalue weighted by atomic mass is 14.1. The predicted octanol–water partition coefficient (Wildman–Crippen LogP) is 5.53. The Morgan fingerprint density at radius 2 is 1.67 bits per heavy atom. The van der Waals surface area contributed by atoms with Crippen LogP contribution in [0.25, 0.3) is 0 Å². The Labute approximate surface area is 96.8 Å². The van der Waals surface area contributed by atoms with Gasteiger partial charge >= 0.3 is 0 Å².